The molecule has 0 amide bonds. The first-order valence-corrected chi connectivity index (χ1v) is 5.22. The number of aromatic nitrogens is 4. The number of aliphatic hydroxyl groups excluding tert-OH is 1. The van der Waals surface area contributed by atoms with Crippen molar-refractivity contribution in [3.05, 3.63) is 18.3 Å². The first kappa shape index (κ1) is 11.3. The SMILES string of the molecule is Nc1ncnn2c(-c3oc(CO)c(O)c3O)cnc12. The normalized spacial score (nSPS) is 11.2. The molecule has 5 N–H and O–H groups in total. The van der Waals surface area contributed by atoms with Gasteiger partial charge in [-0.05, 0) is 0 Å². The number of furan rings is 1. The van der Waals surface area contributed by atoms with E-state index in [1.54, 1.807) is 0 Å². The second-order valence-corrected chi connectivity index (χ2v) is 3.73. The Balaban J connectivity index is 2.28. The van der Waals surface area contributed by atoms with Gasteiger partial charge in [-0.25, -0.2) is 14.5 Å². The van der Waals surface area contributed by atoms with Crippen LogP contribution in [0.3, 0.4) is 0 Å². The van der Waals surface area contributed by atoms with E-state index in [0.717, 1.165) is 0 Å². The van der Waals surface area contributed by atoms with Gasteiger partial charge in [-0.3, -0.25) is 0 Å². The molecule has 98 valence electrons. The van der Waals surface area contributed by atoms with Gasteiger partial charge in [0, 0.05) is 0 Å². The van der Waals surface area contributed by atoms with Gasteiger partial charge in [-0.15, -0.1) is 0 Å². The minimum absolute atomic E-state index is 0.0628. The third kappa shape index (κ3) is 1.48. The third-order valence-corrected chi connectivity index (χ3v) is 2.64. The topological polar surface area (TPSA) is 143 Å². The van der Waals surface area contributed by atoms with Crippen molar-refractivity contribution < 1.29 is 19.7 Å². The number of nitrogen functional groups attached to an aromatic ring is 1. The van der Waals surface area contributed by atoms with Crippen LogP contribution in [0.25, 0.3) is 17.1 Å². The first-order valence-electron chi connectivity index (χ1n) is 5.22. The lowest BCUT2D eigenvalue weighted by atomic mass is 10.3. The van der Waals surface area contributed by atoms with Gasteiger partial charge in [0.15, 0.2) is 23.0 Å². The number of aromatic hydroxyl groups is 2. The molecule has 0 spiro atoms. The van der Waals surface area contributed by atoms with Crippen LogP contribution in [0.1, 0.15) is 5.76 Å². The van der Waals surface area contributed by atoms with E-state index in [4.69, 9.17) is 15.3 Å². The van der Waals surface area contributed by atoms with Crippen molar-refractivity contribution in [2.75, 3.05) is 5.73 Å². The number of rotatable bonds is 2. The Morgan fingerprint density at radius 3 is 2.74 bits per heavy atom. The van der Waals surface area contributed by atoms with Gasteiger partial charge in [0.25, 0.3) is 0 Å². The van der Waals surface area contributed by atoms with Crippen LogP contribution in [-0.2, 0) is 6.61 Å². The molecule has 0 fully saturated rings. The van der Waals surface area contributed by atoms with Crippen molar-refractivity contribution in [3.63, 3.8) is 0 Å². The number of anilines is 1. The molecule has 3 rings (SSSR count). The average Bonchev–Trinajstić information content (AvgIpc) is 2.94. The summed E-state index contributed by atoms with van der Waals surface area (Å²) in [6.45, 7) is -0.548. The number of hydrogen-bond donors (Lipinski definition) is 4. The number of nitrogens with zero attached hydrogens (tertiary/aromatic N) is 4. The predicted octanol–water partition coefficient (Wildman–Crippen LogP) is -0.130. The van der Waals surface area contributed by atoms with Crippen molar-refractivity contribution >= 4 is 11.5 Å². The number of imidazole rings is 1. The Morgan fingerprint density at radius 1 is 1.26 bits per heavy atom. The first-order chi connectivity index (χ1) is 9.13. The van der Waals surface area contributed by atoms with E-state index in [2.05, 4.69) is 15.1 Å². The van der Waals surface area contributed by atoms with E-state index in [9.17, 15) is 10.2 Å². The van der Waals surface area contributed by atoms with Gasteiger partial charge in [0.2, 0.25) is 11.5 Å². The lowest BCUT2D eigenvalue weighted by molar-refractivity contribution is 0.240. The predicted molar refractivity (Wildman–Crippen MR) is 62.1 cm³/mol. The molecule has 0 saturated carbocycles. The van der Waals surface area contributed by atoms with E-state index in [-0.39, 0.29) is 23.0 Å². The molecule has 3 aromatic heterocycles. The molecule has 3 aromatic rings. The summed E-state index contributed by atoms with van der Waals surface area (Å²) in [5, 5.41) is 32.2. The highest BCUT2D eigenvalue weighted by atomic mass is 16.4. The summed E-state index contributed by atoms with van der Waals surface area (Å²) in [5.41, 5.74) is 6.19. The van der Waals surface area contributed by atoms with E-state index in [1.165, 1.54) is 17.0 Å². The molecule has 0 aromatic carbocycles. The van der Waals surface area contributed by atoms with E-state index < -0.39 is 18.1 Å². The fraction of sp³-hybridized carbons (Fsp3) is 0.100. The van der Waals surface area contributed by atoms with Crippen molar-refractivity contribution in [2.45, 2.75) is 6.61 Å². The van der Waals surface area contributed by atoms with Crippen LogP contribution in [0.5, 0.6) is 11.5 Å². The van der Waals surface area contributed by atoms with Crippen LogP contribution in [0, 0.1) is 0 Å². The maximum Gasteiger partial charge on any atom is 0.207 e. The number of fused-ring (bicyclic) bond motifs is 1. The van der Waals surface area contributed by atoms with E-state index in [0.29, 0.717) is 5.65 Å². The van der Waals surface area contributed by atoms with Crippen LogP contribution in [0.4, 0.5) is 5.82 Å². The van der Waals surface area contributed by atoms with Crippen LogP contribution in [0.2, 0.25) is 0 Å². The molecule has 19 heavy (non-hydrogen) atoms. The summed E-state index contributed by atoms with van der Waals surface area (Å²) in [6.07, 6.45) is 2.58. The molecule has 3 heterocycles. The van der Waals surface area contributed by atoms with Gasteiger partial charge in [-0.2, -0.15) is 5.10 Å². The van der Waals surface area contributed by atoms with Gasteiger partial charge in [0.05, 0.1) is 6.20 Å². The molecule has 0 aliphatic rings. The molecule has 9 nitrogen and oxygen atoms in total. The van der Waals surface area contributed by atoms with E-state index >= 15 is 0 Å². The second-order valence-electron chi connectivity index (χ2n) is 3.73. The molecule has 0 unspecified atom stereocenters. The number of aliphatic hydroxyl groups is 1. The Labute approximate surface area is 105 Å². The van der Waals surface area contributed by atoms with Crippen LogP contribution < -0.4 is 5.73 Å². The third-order valence-electron chi connectivity index (χ3n) is 2.64. The summed E-state index contributed by atoms with van der Waals surface area (Å²) < 4.78 is 6.48. The molecule has 0 radical (unpaired) electrons. The molecule has 0 aliphatic heterocycles. The zero-order valence-corrected chi connectivity index (χ0v) is 9.48. The highest BCUT2D eigenvalue weighted by Crippen LogP contribution is 2.41. The molecule has 0 bridgehead atoms. The van der Waals surface area contributed by atoms with E-state index in [1.807, 2.05) is 0 Å². The quantitative estimate of drug-likeness (QED) is 0.500. The highest BCUT2D eigenvalue weighted by molar-refractivity contribution is 5.71. The van der Waals surface area contributed by atoms with Gasteiger partial charge in [-0.1, -0.05) is 0 Å². The van der Waals surface area contributed by atoms with Crippen LogP contribution in [-0.4, -0.2) is 34.9 Å². The molecular weight excluding hydrogens is 254 g/mol. The zero-order chi connectivity index (χ0) is 13.6. The highest BCUT2D eigenvalue weighted by Gasteiger charge is 2.23. The summed E-state index contributed by atoms with van der Waals surface area (Å²) in [4.78, 5) is 7.77. The lowest BCUT2D eigenvalue weighted by Crippen LogP contribution is -2.00. The van der Waals surface area contributed by atoms with Crippen LogP contribution >= 0.6 is 0 Å². The fourth-order valence-corrected chi connectivity index (χ4v) is 1.73. The Bertz CT molecular complexity index is 763. The van der Waals surface area contributed by atoms with Gasteiger partial charge < -0.3 is 25.5 Å². The Hall–Kier alpha value is -2.81. The fourth-order valence-electron chi connectivity index (χ4n) is 1.73. The van der Waals surface area contributed by atoms with Gasteiger partial charge >= 0.3 is 0 Å². The standard InChI is InChI=1S/C10H9N5O4/c11-9-10-12-1-4(15(10)14-3-13-9)8-7(18)6(17)5(2-16)19-8/h1,3,16-18H,2H2,(H2,11,13,14). The smallest absolute Gasteiger partial charge is 0.207 e. The Morgan fingerprint density at radius 2 is 2.05 bits per heavy atom. The molecule has 0 atom stereocenters. The lowest BCUT2D eigenvalue weighted by Gasteiger charge is -1.98. The second kappa shape index (κ2) is 3.85. The molecule has 0 aliphatic carbocycles. The monoisotopic (exact) mass is 263 g/mol. The van der Waals surface area contributed by atoms with Crippen molar-refractivity contribution in [1.82, 2.24) is 19.6 Å². The molecular formula is C10H9N5O4. The number of hydrogen-bond acceptors (Lipinski definition) is 8. The molecule has 0 saturated heterocycles. The summed E-state index contributed by atoms with van der Waals surface area (Å²) >= 11 is 0. The summed E-state index contributed by atoms with van der Waals surface area (Å²) in [6, 6.07) is 0. The maximum absolute atomic E-state index is 9.78. The largest absolute Gasteiger partial charge is 0.502 e. The number of nitrogens with two attached hydrogens (primary N) is 1. The zero-order valence-electron chi connectivity index (χ0n) is 9.48. The molecule has 9 heteroatoms. The summed E-state index contributed by atoms with van der Waals surface area (Å²) in [5.74, 6) is -1.06. The van der Waals surface area contributed by atoms with Crippen molar-refractivity contribution in [2.24, 2.45) is 0 Å². The Kier molecular flexibility index (Phi) is 2.29. The average molecular weight is 263 g/mol. The summed E-state index contributed by atoms with van der Waals surface area (Å²) in [7, 11) is 0. The van der Waals surface area contributed by atoms with Crippen LogP contribution in [0.15, 0.2) is 16.9 Å². The van der Waals surface area contributed by atoms with Crippen molar-refractivity contribution in [3.8, 4) is 23.0 Å². The maximum atomic E-state index is 9.78. The van der Waals surface area contributed by atoms with Crippen molar-refractivity contribution in [1.29, 1.82) is 0 Å². The minimum atomic E-state index is -0.548. The minimum Gasteiger partial charge on any atom is -0.502 e. The van der Waals surface area contributed by atoms with Gasteiger partial charge in [0.1, 0.15) is 18.6 Å².